The van der Waals surface area contributed by atoms with E-state index in [0.717, 1.165) is 36.8 Å². The summed E-state index contributed by atoms with van der Waals surface area (Å²) in [6, 6.07) is 12.2. The molecule has 2 rings (SSSR count). The highest BCUT2D eigenvalue weighted by Crippen LogP contribution is 2.39. The molecule has 0 heterocycles. The van der Waals surface area contributed by atoms with Crippen molar-refractivity contribution in [3.63, 3.8) is 0 Å². The quantitative estimate of drug-likeness (QED) is 0.405. The number of hydrogen-bond acceptors (Lipinski definition) is 2. The summed E-state index contributed by atoms with van der Waals surface area (Å²) in [5, 5.41) is 20.1. The van der Waals surface area contributed by atoms with E-state index in [1.165, 1.54) is 11.1 Å². The Morgan fingerprint density at radius 2 is 0.735 bits per heavy atom. The van der Waals surface area contributed by atoms with Gasteiger partial charge in [-0.25, -0.2) is 0 Å². The average Bonchev–Trinajstić information content (AvgIpc) is 2.79. The zero-order valence-electron chi connectivity index (χ0n) is 24.2. The van der Waals surface area contributed by atoms with Crippen molar-refractivity contribution in [1.29, 1.82) is 0 Å². The Hall–Kier alpha value is -1.96. The fraction of sp³-hybridized carbons (Fsp3) is 0.625. The predicted octanol–water partition coefficient (Wildman–Crippen LogP) is 9.53. The molecular formula is C32H52O2. The maximum atomic E-state index is 10.0. The van der Waals surface area contributed by atoms with E-state index in [4.69, 9.17) is 0 Å². The van der Waals surface area contributed by atoms with Crippen LogP contribution >= 0.6 is 0 Å². The fourth-order valence-corrected chi connectivity index (χ4v) is 3.79. The molecule has 2 N–H and O–H groups in total. The lowest BCUT2D eigenvalue weighted by molar-refractivity contribution is 0.424. The van der Waals surface area contributed by atoms with Crippen molar-refractivity contribution in [3.05, 3.63) is 58.7 Å². The van der Waals surface area contributed by atoms with Gasteiger partial charge in [-0.15, -0.1) is 0 Å². The lowest BCUT2D eigenvalue weighted by atomic mass is 9.76. The molecule has 2 aromatic carbocycles. The second-order valence-electron chi connectivity index (χ2n) is 12.4. The topological polar surface area (TPSA) is 40.5 Å². The average molecular weight is 469 g/mol. The van der Waals surface area contributed by atoms with Crippen LogP contribution in [0.1, 0.15) is 131 Å². The minimum Gasteiger partial charge on any atom is -0.508 e. The van der Waals surface area contributed by atoms with Gasteiger partial charge in [-0.3, -0.25) is 0 Å². The molecule has 0 atom stereocenters. The van der Waals surface area contributed by atoms with Crippen LogP contribution in [0.2, 0.25) is 0 Å². The number of rotatable bonds is 8. The molecule has 0 aliphatic heterocycles. The van der Waals surface area contributed by atoms with Crippen LogP contribution in [0.4, 0.5) is 0 Å². The second-order valence-corrected chi connectivity index (χ2v) is 12.4. The van der Waals surface area contributed by atoms with E-state index in [9.17, 15) is 10.2 Å². The molecular weight excluding hydrogens is 416 g/mol. The summed E-state index contributed by atoms with van der Waals surface area (Å²) in [5.41, 5.74) is 5.17. The summed E-state index contributed by atoms with van der Waals surface area (Å²) in [4.78, 5) is 0. The maximum absolute atomic E-state index is 10.0. The molecule has 0 aromatic heterocycles. The van der Waals surface area contributed by atoms with E-state index in [1.54, 1.807) is 0 Å². The summed E-state index contributed by atoms with van der Waals surface area (Å²) >= 11 is 0. The molecule has 0 aliphatic rings. The molecule has 0 amide bonds. The first-order valence-corrected chi connectivity index (χ1v) is 13.2. The molecule has 192 valence electrons. The highest BCUT2D eigenvalue weighted by atomic mass is 16.3. The van der Waals surface area contributed by atoms with Crippen LogP contribution in [0.5, 0.6) is 11.5 Å². The van der Waals surface area contributed by atoms with Gasteiger partial charge in [0.2, 0.25) is 0 Å². The summed E-state index contributed by atoms with van der Waals surface area (Å²) < 4.78 is 0. The Morgan fingerprint density at radius 3 is 0.971 bits per heavy atom. The Morgan fingerprint density at radius 1 is 0.471 bits per heavy atom. The minimum atomic E-state index is 0.0317. The van der Waals surface area contributed by atoms with Crippen molar-refractivity contribution in [2.75, 3.05) is 0 Å². The van der Waals surface area contributed by atoms with Gasteiger partial charge in [0.05, 0.1) is 0 Å². The molecule has 0 fully saturated rings. The largest absolute Gasteiger partial charge is 0.508 e. The highest BCUT2D eigenvalue weighted by molar-refractivity contribution is 5.44. The van der Waals surface area contributed by atoms with Crippen LogP contribution in [0.15, 0.2) is 36.4 Å². The van der Waals surface area contributed by atoms with E-state index < -0.39 is 0 Å². The van der Waals surface area contributed by atoms with Crippen LogP contribution in [0, 0.1) is 0 Å². The smallest absolute Gasteiger partial charge is 0.119 e. The molecule has 0 spiro atoms. The minimum absolute atomic E-state index is 0.0317. The lowest BCUT2D eigenvalue weighted by Gasteiger charge is -2.29. The lowest BCUT2D eigenvalue weighted by Crippen LogP contribution is -2.20. The maximum Gasteiger partial charge on any atom is 0.119 e. The Labute approximate surface area is 210 Å². The third kappa shape index (κ3) is 7.03. The van der Waals surface area contributed by atoms with Gasteiger partial charge in [-0.1, -0.05) is 107 Å². The molecule has 2 nitrogen and oxygen atoms in total. The molecule has 0 unspecified atom stereocenters. The van der Waals surface area contributed by atoms with Crippen molar-refractivity contribution in [2.24, 2.45) is 0 Å². The summed E-state index contributed by atoms with van der Waals surface area (Å²) in [6.45, 7) is 26.5. The van der Waals surface area contributed by atoms with Crippen molar-refractivity contribution < 1.29 is 10.2 Å². The van der Waals surface area contributed by atoms with Gasteiger partial charge in [0, 0.05) is 0 Å². The van der Waals surface area contributed by atoms with E-state index >= 15 is 0 Å². The first-order chi connectivity index (χ1) is 15.5. The van der Waals surface area contributed by atoms with Gasteiger partial charge < -0.3 is 10.2 Å². The summed E-state index contributed by atoms with van der Waals surface area (Å²) in [7, 11) is 0. The number of hydrogen-bond donors (Lipinski definition) is 2. The van der Waals surface area contributed by atoms with Gasteiger partial charge in [0.25, 0.3) is 0 Å². The first-order valence-electron chi connectivity index (χ1n) is 13.2. The molecule has 2 heteroatoms. The number of phenols is 2. The third-order valence-electron chi connectivity index (χ3n) is 8.55. The van der Waals surface area contributed by atoms with Gasteiger partial charge in [0.15, 0.2) is 0 Å². The van der Waals surface area contributed by atoms with Gasteiger partial charge in [-0.05, 0) is 81.7 Å². The van der Waals surface area contributed by atoms with Crippen LogP contribution in [0.3, 0.4) is 0 Å². The van der Waals surface area contributed by atoms with E-state index in [2.05, 4.69) is 95.2 Å². The number of phenolic OH excluding ortho intramolecular Hbond substituents is 2. The molecule has 34 heavy (non-hydrogen) atoms. The van der Waals surface area contributed by atoms with Crippen molar-refractivity contribution in [3.8, 4) is 11.5 Å². The van der Waals surface area contributed by atoms with Crippen molar-refractivity contribution in [2.45, 2.75) is 130 Å². The van der Waals surface area contributed by atoms with Gasteiger partial charge >= 0.3 is 0 Å². The number of benzene rings is 2. The number of aromatic hydroxyl groups is 2. The Kier molecular flexibility index (Phi) is 9.89. The molecule has 0 saturated carbocycles. The fourth-order valence-electron chi connectivity index (χ4n) is 3.79. The summed E-state index contributed by atoms with van der Waals surface area (Å²) in [6.07, 6.45) is 4.25. The van der Waals surface area contributed by atoms with Crippen molar-refractivity contribution in [1.82, 2.24) is 0 Å². The molecule has 0 radical (unpaired) electrons. The van der Waals surface area contributed by atoms with Crippen molar-refractivity contribution >= 4 is 0 Å². The Bertz CT molecular complexity index is 855. The monoisotopic (exact) mass is 468 g/mol. The second kappa shape index (κ2) is 11.2. The third-order valence-corrected chi connectivity index (χ3v) is 8.55. The van der Waals surface area contributed by atoms with Crippen LogP contribution in [-0.4, -0.2) is 10.2 Å². The van der Waals surface area contributed by atoms with Gasteiger partial charge in [0.1, 0.15) is 11.5 Å². The van der Waals surface area contributed by atoms with E-state index in [0.29, 0.717) is 11.5 Å². The molecule has 0 aliphatic carbocycles. The summed E-state index contributed by atoms with van der Waals surface area (Å²) in [5.74, 6) is 0.847. The predicted molar refractivity (Wildman–Crippen MR) is 149 cm³/mol. The zero-order valence-corrected chi connectivity index (χ0v) is 24.2. The Balaban J connectivity index is 0.000000340. The normalized spacial score (nSPS) is 12.8. The molecule has 2 aromatic rings. The molecule has 0 bridgehead atoms. The highest BCUT2D eigenvalue weighted by Gasteiger charge is 2.26. The van der Waals surface area contributed by atoms with Crippen LogP contribution < -0.4 is 0 Å². The van der Waals surface area contributed by atoms with E-state index in [-0.39, 0.29) is 21.7 Å². The zero-order chi connectivity index (χ0) is 26.5. The molecule has 0 saturated heterocycles. The van der Waals surface area contributed by atoms with Crippen LogP contribution in [-0.2, 0) is 21.7 Å². The van der Waals surface area contributed by atoms with Crippen LogP contribution in [0.25, 0.3) is 0 Å². The standard InChI is InChI=1S/2C16H26O/c2*1-7-15(3,4)12-9-10-14(17)13(11-12)16(5,6)8-2/h2*9-11,17H,7-8H2,1-6H3. The van der Waals surface area contributed by atoms with E-state index in [1.807, 2.05) is 24.3 Å². The first kappa shape index (κ1) is 30.1. The SMILES string of the molecule is CCC(C)(C)c1ccc(O)c(C(C)(C)CC)c1.CCC(C)(C)c1ccc(O)c(C(C)(C)CC)c1. The van der Waals surface area contributed by atoms with Gasteiger partial charge in [-0.2, -0.15) is 0 Å².